The summed E-state index contributed by atoms with van der Waals surface area (Å²) in [4.78, 5) is 13.6. The number of furan rings is 1. The molecule has 4 heteroatoms. The van der Waals surface area contributed by atoms with Crippen molar-refractivity contribution in [3.8, 4) is 0 Å². The number of nitrogens with zero attached hydrogens (tertiary/aromatic N) is 1. The minimum Gasteiger partial charge on any atom is -0.466 e. The van der Waals surface area contributed by atoms with Gasteiger partial charge in [-0.2, -0.15) is 0 Å². The van der Waals surface area contributed by atoms with Crippen LogP contribution in [0.5, 0.6) is 0 Å². The Labute approximate surface area is 111 Å². The molecule has 3 rings (SSSR count). The second-order valence-corrected chi connectivity index (χ2v) is 4.86. The summed E-state index contributed by atoms with van der Waals surface area (Å²) in [6.07, 6.45) is 0.736. The number of hydrogen-bond acceptors (Lipinski definition) is 3. The molecule has 1 N–H and O–H groups in total. The maximum absolute atomic E-state index is 11.9. The van der Waals surface area contributed by atoms with Crippen LogP contribution in [0.4, 0.5) is 5.69 Å². The Kier molecular flexibility index (Phi) is 2.68. The van der Waals surface area contributed by atoms with Crippen LogP contribution in [0, 0.1) is 0 Å². The molecule has 1 aliphatic rings. The predicted octanol–water partition coefficient (Wildman–Crippen LogP) is 2.44. The monoisotopic (exact) mass is 257 g/mol. The van der Waals surface area contributed by atoms with Crippen LogP contribution >= 0.6 is 0 Å². The van der Waals surface area contributed by atoms with Crippen LogP contribution in [0.3, 0.4) is 0 Å². The minimum atomic E-state index is -0.798. The van der Waals surface area contributed by atoms with Gasteiger partial charge in [-0.15, -0.1) is 0 Å². The quantitative estimate of drug-likeness (QED) is 0.899. The average Bonchev–Trinajstić information content (AvgIpc) is 3.03. The molecule has 1 aromatic heterocycles. The number of likely N-dealkylation sites (N-methyl/N-ethyl adjacent to an activating group) is 1. The number of anilines is 1. The highest BCUT2D eigenvalue weighted by molar-refractivity contribution is 6.04. The summed E-state index contributed by atoms with van der Waals surface area (Å²) in [6, 6.07) is 9.06. The van der Waals surface area contributed by atoms with E-state index in [9.17, 15) is 9.90 Å². The first-order valence-corrected chi connectivity index (χ1v) is 6.22. The summed E-state index contributed by atoms with van der Waals surface area (Å²) < 4.78 is 5.21. The minimum absolute atomic E-state index is 0.0830. The lowest BCUT2D eigenvalue weighted by molar-refractivity contribution is -0.118. The molecule has 0 radical (unpaired) electrons. The standard InChI is InChI=1S/C15H15NO3/c1-9-11-8-10(14(17)13-4-3-7-19-13)5-6-12(11)16(2)15(9)18/h3-9,14,17H,1-2H3. The van der Waals surface area contributed by atoms with Gasteiger partial charge in [0.25, 0.3) is 0 Å². The fraction of sp³-hybridized carbons (Fsp3) is 0.267. The Morgan fingerprint density at radius 1 is 1.37 bits per heavy atom. The van der Waals surface area contributed by atoms with Gasteiger partial charge < -0.3 is 14.4 Å². The van der Waals surface area contributed by atoms with Crippen LogP contribution in [0.1, 0.15) is 35.8 Å². The summed E-state index contributed by atoms with van der Waals surface area (Å²) in [5, 5.41) is 10.2. The Morgan fingerprint density at radius 3 is 2.84 bits per heavy atom. The molecule has 1 aliphatic heterocycles. The van der Waals surface area contributed by atoms with Crippen molar-refractivity contribution in [3.63, 3.8) is 0 Å². The summed E-state index contributed by atoms with van der Waals surface area (Å²) in [6.45, 7) is 1.88. The lowest BCUT2D eigenvalue weighted by Crippen LogP contribution is -2.22. The molecule has 2 unspecified atom stereocenters. The molecule has 1 amide bonds. The van der Waals surface area contributed by atoms with Crippen molar-refractivity contribution in [3.05, 3.63) is 53.5 Å². The first kappa shape index (κ1) is 12.0. The molecule has 2 aromatic rings. The van der Waals surface area contributed by atoms with E-state index in [4.69, 9.17) is 4.42 Å². The van der Waals surface area contributed by atoms with E-state index in [1.165, 1.54) is 6.26 Å². The first-order chi connectivity index (χ1) is 9.09. The van der Waals surface area contributed by atoms with Crippen molar-refractivity contribution in [1.82, 2.24) is 0 Å². The molecule has 1 aromatic carbocycles. The van der Waals surface area contributed by atoms with Gasteiger partial charge in [-0.1, -0.05) is 6.07 Å². The average molecular weight is 257 g/mol. The third-order valence-electron chi connectivity index (χ3n) is 3.71. The van der Waals surface area contributed by atoms with Gasteiger partial charge in [-0.3, -0.25) is 4.79 Å². The Morgan fingerprint density at radius 2 is 2.16 bits per heavy atom. The molecule has 0 aliphatic carbocycles. The molecule has 0 saturated carbocycles. The van der Waals surface area contributed by atoms with Crippen molar-refractivity contribution in [2.75, 3.05) is 11.9 Å². The lowest BCUT2D eigenvalue weighted by Gasteiger charge is -2.12. The highest BCUT2D eigenvalue weighted by atomic mass is 16.4. The molecule has 2 heterocycles. The van der Waals surface area contributed by atoms with Gasteiger partial charge in [0.1, 0.15) is 11.9 Å². The van der Waals surface area contributed by atoms with Gasteiger partial charge in [0, 0.05) is 12.7 Å². The molecular weight excluding hydrogens is 242 g/mol. The van der Waals surface area contributed by atoms with Crippen LogP contribution in [0.25, 0.3) is 0 Å². The van der Waals surface area contributed by atoms with Gasteiger partial charge in [-0.25, -0.2) is 0 Å². The lowest BCUT2D eigenvalue weighted by atomic mass is 9.97. The first-order valence-electron chi connectivity index (χ1n) is 6.22. The zero-order valence-electron chi connectivity index (χ0n) is 10.8. The second kappa shape index (κ2) is 4.24. The largest absolute Gasteiger partial charge is 0.466 e. The Bertz CT molecular complexity index is 618. The molecule has 98 valence electrons. The van der Waals surface area contributed by atoms with Crippen molar-refractivity contribution < 1.29 is 14.3 Å². The third kappa shape index (κ3) is 1.76. The van der Waals surface area contributed by atoms with Gasteiger partial charge >= 0.3 is 0 Å². The number of rotatable bonds is 2. The normalized spacial score (nSPS) is 19.6. The fourth-order valence-corrected chi connectivity index (χ4v) is 2.55. The predicted molar refractivity (Wildman–Crippen MR) is 71.0 cm³/mol. The highest BCUT2D eigenvalue weighted by Gasteiger charge is 2.32. The van der Waals surface area contributed by atoms with Crippen molar-refractivity contribution in [2.45, 2.75) is 18.9 Å². The molecule has 19 heavy (non-hydrogen) atoms. The van der Waals surface area contributed by atoms with Gasteiger partial charge in [0.2, 0.25) is 5.91 Å². The number of benzene rings is 1. The molecule has 0 spiro atoms. The van der Waals surface area contributed by atoms with E-state index in [0.29, 0.717) is 5.76 Å². The topological polar surface area (TPSA) is 53.7 Å². The fourth-order valence-electron chi connectivity index (χ4n) is 2.55. The Hall–Kier alpha value is -2.07. The summed E-state index contributed by atoms with van der Waals surface area (Å²) in [7, 11) is 1.77. The van der Waals surface area contributed by atoms with Crippen molar-refractivity contribution in [1.29, 1.82) is 0 Å². The van der Waals surface area contributed by atoms with E-state index >= 15 is 0 Å². The number of fused-ring (bicyclic) bond motifs is 1. The smallest absolute Gasteiger partial charge is 0.234 e. The van der Waals surface area contributed by atoms with E-state index in [2.05, 4.69) is 0 Å². The van der Waals surface area contributed by atoms with E-state index in [-0.39, 0.29) is 11.8 Å². The summed E-state index contributed by atoms with van der Waals surface area (Å²) in [5.74, 6) is 0.425. The van der Waals surface area contributed by atoms with E-state index < -0.39 is 6.10 Å². The zero-order chi connectivity index (χ0) is 13.6. The Balaban J connectivity index is 2.01. The van der Waals surface area contributed by atoms with Crippen molar-refractivity contribution >= 4 is 11.6 Å². The highest BCUT2D eigenvalue weighted by Crippen LogP contribution is 2.38. The molecule has 0 bridgehead atoms. The maximum atomic E-state index is 11.9. The van der Waals surface area contributed by atoms with Gasteiger partial charge in [-0.05, 0) is 42.3 Å². The second-order valence-electron chi connectivity index (χ2n) is 4.86. The zero-order valence-corrected chi connectivity index (χ0v) is 10.8. The number of aliphatic hydroxyl groups excluding tert-OH is 1. The molecular formula is C15H15NO3. The van der Waals surface area contributed by atoms with Crippen molar-refractivity contribution in [2.24, 2.45) is 0 Å². The number of amides is 1. The molecule has 4 nitrogen and oxygen atoms in total. The molecule has 2 atom stereocenters. The number of carbonyl (C=O) groups is 1. The van der Waals surface area contributed by atoms with Gasteiger partial charge in [0.05, 0.1) is 12.2 Å². The van der Waals surface area contributed by atoms with Crippen LogP contribution in [0.15, 0.2) is 41.0 Å². The summed E-state index contributed by atoms with van der Waals surface area (Å²) >= 11 is 0. The van der Waals surface area contributed by atoms with E-state index in [0.717, 1.165) is 16.8 Å². The molecule has 0 saturated heterocycles. The SMILES string of the molecule is CC1C(=O)N(C)c2ccc(C(O)c3ccco3)cc21. The van der Waals surface area contributed by atoms with Crippen LogP contribution < -0.4 is 4.90 Å². The van der Waals surface area contributed by atoms with Gasteiger partial charge in [0.15, 0.2) is 0 Å². The summed E-state index contributed by atoms with van der Waals surface area (Å²) in [5.41, 5.74) is 2.60. The number of carbonyl (C=O) groups excluding carboxylic acids is 1. The van der Waals surface area contributed by atoms with Crippen LogP contribution in [-0.4, -0.2) is 18.1 Å². The number of hydrogen-bond donors (Lipinski definition) is 1. The van der Waals surface area contributed by atoms with E-state index in [1.54, 1.807) is 24.1 Å². The maximum Gasteiger partial charge on any atom is 0.234 e. The van der Waals surface area contributed by atoms with Crippen LogP contribution in [-0.2, 0) is 4.79 Å². The molecule has 0 fully saturated rings. The van der Waals surface area contributed by atoms with Crippen LogP contribution in [0.2, 0.25) is 0 Å². The third-order valence-corrected chi connectivity index (χ3v) is 3.71. The van der Waals surface area contributed by atoms with E-state index in [1.807, 2.05) is 25.1 Å². The number of aliphatic hydroxyl groups is 1.